The van der Waals surface area contributed by atoms with Crippen molar-refractivity contribution in [3.05, 3.63) is 23.8 Å². The molecule has 0 aliphatic carbocycles. The Hall–Kier alpha value is -1.26. The van der Waals surface area contributed by atoms with Gasteiger partial charge >= 0.3 is 0 Å². The molecule has 1 atom stereocenters. The van der Waals surface area contributed by atoms with Crippen molar-refractivity contribution in [2.75, 3.05) is 34.4 Å². The molecule has 1 aromatic carbocycles. The van der Waals surface area contributed by atoms with Crippen LogP contribution >= 0.6 is 0 Å². The highest BCUT2D eigenvalue weighted by atomic mass is 16.5. The van der Waals surface area contributed by atoms with Crippen LogP contribution in [0.1, 0.15) is 26.3 Å². The van der Waals surface area contributed by atoms with Crippen molar-refractivity contribution < 1.29 is 9.47 Å². The van der Waals surface area contributed by atoms with Crippen molar-refractivity contribution in [3.63, 3.8) is 0 Å². The van der Waals surface area contributed by atoms with Crippen LogP contribution in [0.15, 0.2) is 18.2 Å². The van der Waals surface area contributed by atoms with Gasteiger partial charge in [0.25, 0.3) is 0 Å². The lowest BCUT2D eigenvalue weighted by Gasteiger charge is -2.26. The summed E-state index contributed by atoms with van der Waals surface area (Å²) in [5.74, 6) is 2.19. The van der Waals surface area contributed by atoms with Crippen LogP contribution in [0.2, 0.25) is 0 Å². The molecule has 0 saturated heterocycles. The summed E-state index contributed by atoms with van der Waals surface area (Å²) in [6.07, 6.45) is 0. The molecule has 0 bridgehead atoms. The maximum atomic E-state index is 5.55. The fraction of sp³-hybridized carbons (Fsp3) is 0.647. The molecule has 0 aromatic heterocycles. The number of likely N-dealkylation sites (N-methyl/N-ethyl adjacent to an activating group) is 1. The van der Waals surface area contributed by atoms with E-state index >= 15 is 0 Å². The first-order chi connectivity index (χ1) is 9.97. The minimum atomic E-state index is 0.470. The summed E-state index contributed by atoms with van der Waals surface area (Å²) < 4.78 is 10.9. The Morgan fingerprint density at radius 3 is 2.43 bits per heavy atom. The van der Waals surface area contributed by atoms with Crippen molar-refractivity contribution in [2.24, 2.45) is 5.92 Å². The van der Waals surface area contributed by atoms with Crippen molar-refractivity contribution >= 4 is 0 Å². The maximum absolute atomic E-state index is 5.55. The van der Waals surface area contributed by atoms with Crippen LogP contribution in [0.25, 0.3) is 0 Å². The fourth-order valence-electron chi connectivity index (χ4n) is 2.25. The number of methoxy groups -OCH3 is 1. The Bertz CT molecular complexity index is 419. The van der Waals surface area contributed by atoms with Gasteiger partial charge in [0.1, 0.15) is 0 Å². The SMILES string of the molecule is CCOc1ccc(CNC(CN(C)C)C(C)C)cc1OC. The van der Waals surface area contributed by atoms with Crippen LogP contribution in [0.3, 0.4) is 0 Å². The van der Waals surface area contributed by atoms with Gasteiger partial charge in [-0.15, -0.1) is 0 Å². The Morgan fingerprint density at radius 1 is 1.19 bits per heavy atom. The summed E-state index contributed by atoms with van der Waals surface area (Å²) in [4.78, 5) is 2.22. The lowest BCUT2D eigenvalue weighted by Crippen LogP contribution is -2.41. The number of nitrogens with zero attached hydrogens (tertiary/aromatic N) is 1. The van der Waals surface area contributed by atoms with E-state index in [-0.39, 0.29) is 0 Å². The van der Waals surface area contributed by atoms with Gasteiger partial charge in [-0.25, -0.2) is 0 Å². The predicted octanol–water partition coefficient (Wildman–Crippen LogP) is 2.77. The van der Waals surface area contributed by atoms with Gasteiger partial charge in [-0.1, -0.05) is 19.9 Å². The first-order valence-electron chi connectivity index (χ1n) is 7.65. The molecule has 0 aliphatic heterocycles. The van der Waals surface area contributed by atoms with Crippen LogP contribution in [-0.2, 0) is 6.54 Å². The first kappa shape index (κ1) is 17.8. The molecule has 0 aliphatic rings. The molecule has 1 aromatic rings. The summed E-state index contributed by atoms with van der Waals surface area (Å²) in [7, 11) is 5.89. The zero-order valence-electron chi connectivity index (χ0n) is 14.3. The van der Waals surface area contributed by atoms with Crippen molar-refractivity contribution in [2.45, 2.75) is 33.4 Å². The van der Waals surface area contributed by atoms with Crippen molar-refractivity contribution in [3.8, 4) is 11.5 Å². The molecule has 4 heteroatoms. The lowest BCUT2D eigenvalue weighted by molar-refractivity contribution is 0.287. The van der Waals surface area contributed by atoms with Gasteiger partial charge < -0.3 is 19.7 Å². The molecule has 0 radical (unpaired) electrons. The summed E-state index contributed by atoms with van der Waals surface area (Å²) in [5.41, 5.74) is 1.21. The third kappa shape index (κ3) is 5.94. The van der Waals surface area contributed by atoms with E-state index in [1.54, 1.807) is 7.11 Å². The standard InChI is InChI=1S/C17H30N2O2/c1-7-21-16-9-8-14(10-17(16)20-6)11-18-15(13(2)3)12-19(4)5/h8-10,13,15,18H,7,11-12H2,1-6H3. The van der Waals surface area contributed by atoms with Crippen LogP contribution in [0.5, 0.6) is 11.5 Å². The highest BCUT2D eigenvalue weighted by molar-refractivity contribution is 5.42. The van der Waals surface area contributed by atoms with E-state index in [1.165, 1.54) is 5.56 Å². The summed E-state index contributed by atoms with van der Waals surface area (Å²) in [6.45, 7) is 8.99. The Morgan fingerprint density at radius 2 is 1.90 bits per heavy atom. The second-order valence-corrected chi connectivity index (χ2v) is 5.91. The van der Waals surface area contributed by atoms with E-state index in [9.17, 15) is 0 Å². The molecular weight excluding hydrogens is 264 g/mol. The number of hydrogen-bond acceptors (Lipinski definition) is 4. The monoisotopic (exact) mass is 294 g/mol. The Labute approximate surface area is 129 Å². The first-order valence-corrected chi connectivity index (χ1v) is 7.65. The lowest BCUT2D eigenvalue weighted by atomic mass is 10.0. The van der Waals surface area contributed by atoms with Crippen LogP contribution in [0, 0.1) is 5.92 Å². The largest absolute Gasteiger partial charge is 0.493 e. The molecular formula is C17H30N2O2. The number of ether oxygens (including phenoxy) is 2. The average molecular weight is 294 g/mol. The molecule has 4 nitrogen and oxygen atoms in total. The molecule has 0 saturated carbocycles. The van der Waals surface area contributed by atoms with Crippen LogP contribution < -0.4 is 14.8 Å². The second kappa shape index (κ2) is 8.90. The van der Waals surface area contributed by atoms with Crippen molar-refractivity contribution in [1.29, 1.82) is 0 Å². The van der Waals surface area contributed by atoms with Gasteiger partial charge in [0.2, 0.25) is 0 Å². The number of benzene rings is 1. The third-order valence-electron chi connectivity index (χ3n) is 3.46. The molecule has 0 amide bonds. The quantitative estimate of drug-likeness (QED) is 0.759. The van der Waals surface area contributed by atoms with Gasteiger partial charge in [0.05, 0.1) is 13.7 Å². The summed E-state index contributed by atoms with van der Waals surface area (Å²) in [5, 5.41) is 3.63. The smallest absolute Gasteiger partial charge is 0.161 e. The Kier molecular flexibility index (Phi) is 7.54. The molecule has 0 fully saturated rings. The van der Waals surface area contributed by atoms with Crippen molar-refractivity contribution in [1.82, 2.24) is 10.2 Å². The minimum Gasteiger partial charge on any atom is -0.493 e. The number of rotatable bonds is 9. The normalized spacial score (nSPS) is 12.8. The van der Waals surface area contributed by atoms with E-state index in [1.807, 2.05) is 19.1 Å². The second-order valence-electron chi connectivity index (χ2n) is 5.91. The van der Waals surface area contributed by atoms with Crippen LogP contribution in [-0.4, -0.2) is 45.3 Å². The predicted molar refractivity (Wildman–Crippen MR) is 88.2 cm³/mol. The van der Waals surface area contributed by atoms with Gasteiger partial charge in [0, 0.05) is 19.1 Å². The average Bonchev–Trinajstić information content (AvgIpc) is 2.44. The minimum absolute atomic E-state index is 0.470. The molecule has 21 heavy (non-hydrogen) atoms. The molecule has 1 N–H and O–H groups in total. The van der Waals surface area contributed by atoms with Gasteiger partial charge in [-0.3, -0.25) is 0 Å². The van der Waals surface area contributed by atoms with E-state index in [0.717, 1.165) is 24.6 Å². The zero-order chi connectivity index (χ0) is 15.8. The third-order valence-corrected chi connectivity index (χ3v) is 3.46. The highest BCUT2D eigenvalue weighted by Gasteiger charge is 2.14. The van der Waals surface area contributed by atoms with Gasteiger partial charge in [-0.05, 0) is 44.6 Å². The maximum Gasteiger partial charge on any atom is 0.161 e. The zero-order valence-corrected chi connectivity index (χ0v) is 14.3. The number of hydrogen-bond donors (Lipinski definition) is 1. The van der Waals surface area contributed by atoms with Gasteiger partial charge in [0.15, 0.2) is 11.5 Å². The molecule has 0 heterocycles. The van der Waals surface area contributed by atoms with E-state index in [0.29, 0.717) is 18.6 Å². The summed E-state index contributed by atoms with van der Waals surface area (Å²) >= 11 is 0. The number of nitrogens with one attached hydrogen (secondary N) is 1. The van der Waals surface area contributed by atoms with Crippen LogP contribution in [0.4, 0.5) is 0 Å². The summed E-state index contributed by atoms with van der Waals surface area (Å²) in [6, 6.07) is 6.59. The van der Waals surface area contributed by atoms with E-state index < -0.39 is 0 Å². The molecule has 1 unspecified atom stereocenters. The fourth-order valence-corrected chi connectivity index (χ4v) is 2.25. The van der Waals surface area contributed by atoms with E-state index in [2.05, 4.69) is 44.2 Å². The topological polar surface area (TPSA) is 33.7 Å². The highest BCUT2D eigenvalue weighted by Crippen LogP contribution is 2.28. The van der Waals surface area contributed by atoms with E-state index in [4.69, 9.17) is 9.47 Å². The van der Waals surface area contributed by atoms with Gasteiger partial charge in [-0.2, -0.15) is 0 Å². The molecule has 0 spiro atoms. The molecule has 1 rings (SSSR count). The Balaban J connectivity index is 2.69. The molecule has 120 valence electrons.